The van der Waals surface area contributed by atoms with Crippen LogP contribution >= 0.6 is 11.6 Å². The smallest absolute Gasteiger partial charge is 0.223 e. The summed E-state index contributed by atoms with van der Waals surface area (Å²) in [7, 11) is 0. The Morgan fingerprint density at radius 2 is 1.78 bits per heavy atom. The number of hydrogen-bond acceptors (Lipinski definition) is 3. The van der Waals surface area contributed by atoms with Crippen molar-refractivity contribution in [1.82, 2.24) is 4.90 Å². The van der Waals surface area contributed by atoms with Crippen molar-refractivity contribution in [2.24, 2.45) is 0 Å². The number of carbonyl (C=O) groups is 2. The van der Waals surface area contributed by atoms with Crippen LogP contribution in [0.15, 0.2) is 48.5 Å². The average molecular weight is 386 g/mol. The first-order chi connectivity index (χ1) is 13.0. The van der Waals surface area contributed by atoms with Crippen molar-refractivity contribution in [3.63, 3.8) is 0 Å². The van der Waals surface area contributed by atoms with Gasteiger partial charge in [0.05, 0.1) is 0 Å². The number of hydrogen-bond donors (Lipinski definition) is 0. The lowest BCUT2D eigenvalue weighted by atomic mass is 10.0. The summed E-state index contributed by atoms with van der Waals surface area (Å²) in [5.41, 5.74) is 1.78. The van der Waals surface area contributed by atoms with E-state index in [0.717, 1.165) is 24.2 Å². The van der Waals surface area contributed by atoms with Gasteiger partial charge in [-0.1, -0.05) is 47.5 Å². The highest BCUT2D eigenvalue weighted by Gasteiger charge is 2.24. The largest absolute Gasteiger partial charge is 0.490 e. The molecular weight excluding hydrogens is 362 g/mol. The molecule has 0 radical (unpaired) electrons. The summed E-state index contributed by atoms with van der Waals surface area (Å²) in [5, 5.41) is 0.651. The molecule has 0 N–H and O–H groups in total. The summed E-state index contributed by atoms with van der Waals surface area (Å²) >= 11 is 5.98. The first kappa shape index (κ1) is 19.4. The van der Waals surface area contributed by atoms with Gasteiger partial charge in [0.15, 0.2) is 5.78 Å². The number of Topliss-reactive ketones (excluding diaryl/α,β-unsaturated/α-hetero) is 1. The number of aryl methyl sites for hydroxylation is 1. The summed E-state index contributed by atoms with van der Waals surface area (Å²) in [4.78, 5) is 26.5. The molecule has 2 aromatic carbocycles. The van der Waals surface area contributed by atoms with Gasteiger partial charge in [0.25, 0.3) is 0 Å². The third-order valence-corrected chi connectivity index (χ3v) is 5.07. The number of nitrogens with zero attached hydrogens (tertiary/aromatic N) is 1. The number of ether oxygens (including phenoxy) is 1. The highest BCUT2D eigenvalue weighted by molar-refractivity contribution is 6.30. The molecule has 4 nitrogen and oxygen atoms in total. The van der Waals surface area contributed by atoms with Crippen LogP contribution in [0.5, 0.6) is 5.75 Å². The third-order valence-electron chi connectivity index (χ3n) is 4.83. The fourth-order valence-electron chi connectivity index (χ4n) is 3.22. The Hall–Kier alpha value is -2.33. The van der Waals surface area contributed by atoms with E-state index in [-0.39, 0.29) is 30.6 Å². The number of halogens is 1. The van der Waals surface area contributed by atoms with Crippen molar-refractivity contribution < 1.29 is 14.3 Å². The summed E-state index contributed by atoms with van der Waals surface area (Å²) in [6, 6.07) is 14.8. The van der Waals surface area contributed by atoms with Crippen LogP contribution in [0.2, 0.25) is 5.02 Å². The SMILES string of the molecule is Cc1ccc(C(=O)CCC(=O)N2CCC(Oc3cccc(Cl)c3)CC2)cc1. The van der Waals surface area contributed by atoms with Crippen molar-refractivity contribution in [1.29, 1.82) is 0 Å². The van der Waals surface area contributed by atoms with E-state index in [9.17, 15) is 9.59 Å². The molecule has 1 aliphatic rings. The van der Waals surface area contributed by atoms with E-state index < -0.39 is 0 Å². The molecule has 142 valence electrons. The number of benzene rings is 2. The molecule has 0 atom stereocenters. The molecule has 5 heteroatoms. The molecule has 0 aliphatic carbocycles. The van der Waals surface area contributed by atoms with Gasteiger partial charge in [0.2, 0.25) is 5.91 Å². The van der Waals surface area contributed by atoms with Crippen molar-refractivity contribution in [3.8, 4) is 5.75 Å². The minimum atomic E-state index is 0.0162. The van der Waals surface area contributed by atoms with Crippen molar-refractivity contribution in [2.75, 3.05) is 13.1 Å². The minimum absolute atomic E-state index is 0.0162. The Kier molecular flexibility index (Phi) is 6.51. The van der Waals surface area contributed by atoms with E-state index in [0.29, 0.717) is 23.7 Å². The Morgan fingerprint density at radius 1 is 1.07 bits per heavy atom. The molecule has 0 spiro atoms. The van der Waals surface area contributed by atoms with Gasteiger partial charge >= 0.3 is 0 Å². The van der Waals surface area contributed by atoms with Crippen LogP contribution in [-0.2, 0) is 4.79 Å². The fraction of sp³-hybridized carbons (Fsp3) is 0.364. The minimum Gasteiger partial charge on any atom is -0.490 e. The zero-order chi connectivity index (χ0) is 19.2. The van der Waals surface area contributed by atoms with Gasteiger partial charge in [0.1, 0.15) is 11.9 Å². The molecule has 1 heterocycles. The predicted molar refractivity (Wildman–Crippen MR) is 106 cm³/mol. The second kappa shape index (κ2) is 9.05. The van der Waals surface area contributed by atoms with Crippen molar-refractivity contribution in [3.05, 3.63) is 64.7 Å². The molecule has 1 saturated heterocycles. The summed E-state index contributed by atoms with van der Waals surface area (Å²) in [6.45, 7) is 3.29. The van der Waals surface area contributed by atoms with Gasteiger partial charge < -0.3 is 9.64 Å². The summed E-state index contributed by atoms with van der Waals surface area (Å²) in [6.07, 6.45) is 2.16. The molecule has 1 aliphatic heterocycles. The fourth-order valence-corrected chi connectivity index (χ4v) is 3.40. The van der Waals surface area contributed by atoms with Crippen LogP contribution in [-0.4, -0.2) is 35.8 Å². The molecule has 0 bridgehead atoms. The van der Waals surface area contributed by atoms with Crippen LogP contribution < -0.4 is 4.74 Å². The monoisotopic (exact) mass is 385 g/mol. The first-order valence-electron chi connectivity index (χ1n) is 9.31. The van der Waals surface area contributed by atoms with Crippen molar-refractivity contribution in [2.45, 2.75) is 38.7 Å². The second-order valence-corrected chi connectivity index (χ2v) is 7.38. The van der Waals surface area contributed by atoms with E-state index in [1.54, 1.807) is 6.07 Å². The molecular formula is C22H24ClNO3. The van der Waals surface area contributed by atoms with Gasteiger partial charge in [-0.3, -0.25) is 9.59 Å². The average Bonchev–Trinajstić information content (AvgIpc) is 2.67. The van der Waals surface area contributed by atoms with Crippen LogP contribution in [0.1, 0.15) is 41.6 Å². The quantitative estimate of drug-likeness (QED) is 0.678. The highest BCUT2D eigenvalue weighted by atomic mass is 35.5. The number of likely N-dealkylation sites (tertiary alicyclic amines) is 1. The van der Waals surface area contributed by atoms with E-state index in [4.69, 9.17) is 16.3 Å². The topological polar surface area (TPSA) is 46.6 Å². The second-order valence-electron chi connectivity index (χ2n) is 6.94. The third kappa shape index (κ3) is 5.57. The maximum absolute atomic E-state index is 12.4. The standard InChI is InChI=1S/C22H24ClNO3/c1-16-5-7-17(8-6-16)21(25)9-10-22(26)24-13-11-19(12-14-24)27-20-4-2-3-18(23)15-20/h2-8,15,19H,9-14H2,1H3. The van der Waals surface area contributed by atoms with Crippen LogP contribution in [0.25, 0.3) is 0 Å². The molecule has 3 rings (SSSR count). The lowest BCUT2D eigenvalue weighted by Gasteiger charge is -2.32. The lowest BCUT2D eigenvalue weighted by molar-refractivity contribution is -0.132. The highest BCUT2D eigenvalue weighted by Crippen LogP contribution is 2.22. The zero-order valence-electron chi connectivity index (χ0n) is 15.5. The van der Waals surface area contributed by atoms with E-state index in [1.165, 1.54) is 0 Å². The maximum Gasteiger partial charge on any atom is 0.223 e. The maximum atomic E-state index is 12.4. The molecule has 1 amide bonds. The Labute approximate surface area is 165 Å². The van der Waals surface area contributed by atoms with E-state index in [2.05, 4.69) is 0 Å². The van der Waals surface area contributed by atoms with Gasteiger partial charge in [-0.2, -0.15) is 0 Å². The normalized spacial score (nSPS) is 14.8. The van der Waals surface area contributed by atoms with Crippen molar-refractivity contribution >= 4 is 23.3 Å². The first-order valence-corrected chi connectivity index (χ1v) is 9.69. The van der Waals surface area contributed by atoms with Crippen LogP contribution in [0.4, 0.5) is 0 Å². The molecule has 27 heavy (non-hydrogen) atoms. The zero-order valence-corrected chi connectivity index (χ0v) is 16.2. The Balaban J connectivity index is 1.43. The molecule has 0 unspecified atom stereocenters. The number of amides is 1. The van der Waals surface area contributed by atoms with E-state index in [1.807, 2.05) is 54.3 Å². The van der Waals surface area contributed by atoms with Gasteiger partial charge in [-0.15, -0.1) is 0 Å². The summed E-state index contributed by atoms with van der Waals surface area (Å²) in [5.74, 6) is 0.815. The molecule has 0 aromatic heterocycles. The Morgan fingerprint density at radius 3 is 2.44 bits per heavy atom. The number of carbonyl (C=O) groups excluding carboxylic acids is 2. The number of rotatable bonds is 6. The molecule has 2 aromatic rings. The Bertz CT molecular complexity index is 795. The predicted octanol–water partition coefficient (Wildman–Crippen LogP) is 4.68. The lowest BCUT2D eigenvalue weighted by Crippen LogP contribution is -2.41. The number of piperidine rings is 1. The molecule has 0 saturated carbocycles. The molecule has 1 fully saturated rings. The van der Waals surface area contributed by atoms with Gasteiger partial charge in [0, 0.05) is 49.4 Å². The van der Waals surface area contributed by atoms with Gasteiger partial charge in [-0.25, -0.2) is 0 Å². The van der Waals surface area contributed by atoms with Crippen LogP contribution in [0.3, 0.4) is 0 Å². The van der Waals surface area contributed by atoms with E-state index >= 15 is 0 Å². The van der Waals surface area contributed by atoms with Gasteiger partial charge in [-0.05, 0) is 25.1 Å². The summed E-state index contributed by atoms with van der Waals surface area (Å²) < 4.78 is 5.95. The van der Waals surface area contributed by atoms with Crippen LogP contribution in [0, 0.1) is 6.92 Å². The number of ketones is 1.